The van der Waals surface area contributed by atoms with Gasteiger partial charge in [-0.15, -0.1) is 0 Å². The van der Waals surface area contributed by atoms with Gasteiger partial charge in [-0.05, 0) is 44.6 Å². The van der Waals surface area contributed by atoms with Crippen LogP contribution >= 0.6 is 0 Å². The third kappa shape index (κ3) is 4.43. The molecule has 1 N–H and O–H groups in total. The van der Waals surface area contributed by atoms with Crippen molar-refractivity contribution in [2.45, 2.75) is 89.4 Å². The summed E-state index contributed by atoms with van der Waals surface area (Å²) in [5.41, 5.74) is 0.194. The Morgan fingerprint density at radius 3 is 2.62 bits per heavy atom. The smallest absolute Gasteiger partial charge is 0.0726 e. The Bertz CT molecular complexity index is 283. The van der Waals surface area contributed by atoms with Gasteiger partial charge >= 0.3 is 0 Å². The normalized spacial score (nSPS) is 28.4. The Morgan fingerprint density at radius 1 is 1.24 bits per heavy atom. The van der Waals surface area contributed by atoms with Crippen LogP contribution in [0.25, 0.3) is 0 Å². The van der Waals surface area contributed by atoms with Crippen molar-refractivity contribution in [2.75, 3.05) is 20.3 Å². The molecule has 3 heteroatoms. The molecule has 0 aromatic carbocycles. The summed E-state index contributed by atoms with van der Waals surface area (Å²) in [4.78, 5) is 0. The van der Waals surface area contributed by atoms with Crippen molar-refractivity contribution >= 4 is 0 Å². The third-order valence-corrected chi connectivity index (χ3v) is 5.52. The molecule has 0 radical (unpaired) electrons. The highest BCUT2D eigenvalue weighted by atomic mass is 16.5. The SMILES string of the molecule is CCCC(OC)C(NCC)C1CCOC2(CCCCC2)C1. The van der Waals surface area contributed by atoms with Crippen LogP contribution < -0.4 is 5.32 Å². The lowest BCUT2D eigenvalue weighted by atomic mass is 9.73. The average Bonchev–Trinajstić information content (AvgIpc) is 2.51. The molecule has 1 aliphatic heterocycles. The average molecular weight is 297 g/mol. The van der Waals surface area contributed by atoms with Crippen molar-refractivity contribution in [1.82, 2.24) is 5.32 Å². The Morgan fingerprint density at radius 2 is 2.00 bits per heavy atom. The summed E-state index contributed by atoms with van der Waals surface area (Å²) < 4.78 is 12.1. The number of hydrogen-bond donors (Lipinski definition) is 1. The first-order valence-electron chi connectivity index (χ1n) is 9.15. The lowest BCUT2D eigenvalue weighted by Crippen LogP contribution is -2.52. The third-order valence-electron chi connectivity index (χ3n) is 5.52. The Kier molecular flexibility index (Phi) is 6.97. The molecule has 124 valence electrons. The van der Waals surface area contributed by atoms with E-state index in [0.717, 1.165) is 19.6 Å². The Hall–Kier alpha value is -0.120. The highest BCUT2D eigenvalue weighted by molar-refractivity contribution is 4.95. The van der Waals surface area contributed by atoms with Crippen molar-refractivity contribution in [3.8, 4) is 0 Å². The molecule has 2 aliphatic rings. The number of nitrogens with one attached hydrogen (secondary N) is 1. The van der Waals surface area contributed by atoms with Crippen molar-refractivity contribution in [3.63, 3.8) is 0 Å². The number of rotatable bonds is 7. The van der Waals surface area contributed by atoms with Gasteiger partial charge in [0.25, 0.3) is 0 Å². The minimum Gasteiger partial charge on any atom is -0.380 e. The van der Waals surface area contributed by atoms with Crippen LogP contribution in [0, 0.1) is 5.92 Å². The van der Waals surface area contributed by atoms with Crippen molar-refractivity contribution in [3.05, 3.63) is 0 Å². The number of likely N-dealkylation sites (N-methyl/N-ethyl adjacent to an activating group) is 1. The molecule has 0 aromatic heterocycles. The van der Waals surface area contributed by atoms with Crippen LogP contribution in [-0.4, -0.2) is 38.0 Å². The molecule has 2 rings (SSSR count). The second-order valence-corrected chi connectivity index (χ2v) is 6.99. The Labute approximate surface area is 131 Å². The van der Waals surface area contributed by atoms with E-state index in [9.17, 15) is 0 Å². The second kappa shape index (κ2) is 8.50. The summed E-state index contributed by atoms with van der Waals surface area (Å²) in [7, 11) is 1.88. The first kappa shape index (κ1) is 17.2. The quantitative estimate of drug-likeness (QED) is 0.773. The number of ether oxygens (including phenoxy) is 2. The maximum Gasteiger partial charge on any atom is 0.0726 e. The van der Waals surface area contributed by atoms with E-state index in [1.165, 1.54) is 51.4 Å². The molecule has 0 bridgehead atoms. The van der Waals surface area contributed by atoms with E-state index in [4.69, 9.17) is 9.47 Å². The van der Waals surface area contributed by atoms with Gasteiger partial charge in [0.05, 0.1) is 11.7 Å². The summed E-state index contributed by atoms with van der Waals surface area (Å²) in [6.45, 7) is 6.43. The summed E-state index contributed by atoms with van der Waals surface area (Å²) in [6.07, 6.45) is 11.7. The highest BCUT2D eigenvalue weighted by Gasteiger charge is 2.42. The Balaban J connectivity index is 2.04. The van der Waals surface area contributed by atoms with Crippen LogP contribution in [0.4, 0.5) is 0 Å². The number of hydrogen-bond acceptors (Lipinski definition) is 3. The minimum absolute atomic E-state index is 0.194. The van der Waals surface area contributed by atoms with Crippen molar-refractivity contribution in [1.29, 1.82) is 0 Å². The van der Waals surface area contributed by atoms with Gasteiger partial charge in [0.1, 0.15) is 0 Å². The predicted octanol–water partition coefficient (Wildman–Crippen LogP) is 3.91. The summed E-state index contributed by atoms with van der Waals surface area (Å²) >= 11 is 0. The van der Waals surface area contributed by atoms with Crippen molar-refractivity contribution < 1.29 is 9.47 Å². The van der Waals surface area contributed by atoms with E-state index >= 15 is 0 Å². The molecule has 3 unspecified atom stereocenters. The molecule has 2 fully saturated rings. The molecule has 1 aliphatic carbocycles. The van der Waals surface area contributed by atoms with Gasteiger partial charge in [0, 0.05) is 19.8 Å². The van der Waals surface area contributed by atoms with Crippen LogP contribution in [0.15, 0.2) is 0 Å². The van der Waals surface area contributed by atoms with Crippen LogP contribution in [-0.2, 0) is 9.47 Å². The molecule has 1 saturated heterocycles. The van der Waals surface area contributed by atoms with Gasteiger partial charge in [-0.2, -0.15) is 0 Å². The molecule has 1 heterocycles. The second-order valence-electron chi connectivity index (χ2n) is 6.99. The van der Waals surface area contributed by atoms with E-state index in [2.05, 4.69) is 19.2 Å². The summed E-state index contributed by atoms with van der Waals surface area (Å²) in [5, 5.41) is 3.73. The minimum atomic E-state index is 0.194. The molecule has 21 heavy (non-hydrogen) atoms. The van der Waals surface area contributed by atoms with E-state index in [1.807, 2.05) is 7.11 Å². The van der Waals surface area contributed by atoms with Gasteiger partial charge in [0.15, 0.2) is 0 Å². The first-order valence-corrected chi connectivity index (χ1v) is 9.15. The maximum atomic E-state index is 6.27. The largest absolute Gasteiger partial charge is 0.380 e. The molecule has 3 atom stereocenters. The van der Waals surface area contributed by atoms with Gasteiger partial charge in [-0.1, -0.05) is 39.5 Å². The van der Waals surface area contributed by atoms with E-state index < -0.39 is 0 Å². The summed E-state index contributed by atoms with van der Waals surface area (Å²) in [6, 6.07) is 0.489. The molecule has 0 amide bonds. The summed E-state index contributed by atoms with van der Waals surface area (Å²) in [5.74, 6) is 0.702. The van der Waals surface area contributed by atoms with Crippen LogP contribution in [0.5, 0.6) is 0 Å². The zero-order chi connectivity index (χ0) is 15.1. The van der Waals surface area contributed by atoms with Crippen LogP contribution in [0.3, 0.4) is 0 Å². The van der Waals surface area contributed by atoms with E-state index in [0.29, 0.717) is 18.1 Å². The molecule has 3 nitrogen and oxygen atoms in total. The fourth-order valence-corrected chi connectivity index (χ4v) is 4.48. The van der Waals surface area contributed by atoms with Gasteiger partial charge in [-0.3, -0.25) is 0 Å². The fourth-order valence-electron chi connectivity index (χ4n) is 4.48. The molecular formula is C18H35NO2. The lowest BCUT2D eigenvalue weighted by Gasteiger charge is -2.46. The monoisotopic (exact) mass is 297 g/mol. The topological polar surface area (TPSA) is 30.5 Å². The van der Waals surface area contributed by atoms with Crippen LogP contribution in [0.1, 0.15) is 71.6 Å². The first-order chi connectivity index (χ1) is 10.2. The molecule has 1 saturated carbocycles. The maximum absolute atomic E-state index is 6.27. The van der Waals surface area contributed by atoms with Crippen molar-refractivity contribution in [2.24, 2.45) is 5.92 Å². The lowest BCUT2D eigenvalue weighted by molar-refractivity contribution is -0.128. The predicted molar refractivity (Wildman–Crippen MR) is 87.7 cm³/mol. The van der Waals surface area contributed by atoms with Gasteiger partial charge in [-0.25, -0.2) is 0 Å². The van der Waals surface area contributed by atoms with Gasteiger partial charge in [0.2, 0.25) is 0 Å². The van der Waals surface area contributed by atoms with Gasteiger partial charge < -0.3 is 14.8 Å². The van der Waals surface area contributed by atoms with E-state index in [-0.39, 0.29) is 5.60 Å². The molecule has 0 aromatic rings. The number of methoxy groups -OCH3 is 1. The zero-order valence-electron chi connectivity index (χ0n) is 14.3. The molecule has 1 spiro atoms. The van der Waals surface area contributed by atoms with Crippen LogP contribution in [0.2, 0.25) is 0 Å². The molecular weight excluding hydrogens is 262 g/mol. The van der Waals surface area contributed by atoms with E-state index in [1.54, 1.807) is 0 Å². The standard InChI is InChI=1S/C18H35NO2/c1-4-9-16(20-3)17(19-5-2)15-10-13-21-18(14-15)11-7-6-8-12-18/h15-17,19H,4-14H2,1-3H3. The highest BCUT2D eigenvalue weighted by Crippen LogP contribution is 2.42. The zero-order valence-corrected chi connectivity index (χ0v) is 14.3. The fraction of sp³-hybridized carbons (Fsp3) is 1.00.